The van der Waals surface area contributed by atoms with Crippen LogP contribution in [0.1, 0.15) is 18.4 Å². The number of nitrogens with zero attached hydrogens (tertiary/aromatic N) is 3. The van der Waals surface area contributed by atoms with Crippen molar-refractivity contribution in [3.05, 3.63) is 59.9 Å². The van der Waals surface area contributed by atoms with Crippen LogP contribution < -0.4 is 10.6 Å². The largest absolute Gasteiger partial charge is 0.324 e. The van der Waals surface area contributed by atoms with E-state index in [1.54, 1.807) is 24.3 Å². The van der Waals surface area contributed by atoms with Gasteiger partial charge in [-0.15, -0.1) is 0 Å². The van der Waals surface area contributed by atoms with E-state index < -0.39 is 17.6 Å². The van der Waals surface area contributed by atoms with Gasteiger partial charge in [0.2, 0.25) is 11.8 Å². The number of halogens is 1. The van der Waals surface area contributed by atoms with Gasteiger partial charge in [-0.2, -0.15) is 10.4 Å². The number of hydrogen-bond acceptors (Lipinski definition) is 5. The Kier molecular flexibility index (Phi) is 5.94. The number of nitrogens with one attached hydrogen (secondary N) is 2. The van der Waals surface area contributed by atoms with E-state index in [4.69, 9.17) is 5.26 Å². The average molecular weight is 393 g/mol. The minimum Gasteiger partial charge on any atom is -0.324 e. The number of hydrogen-bond donors (Lipinski definition) is 2. The van der Waals surface area contributed by atoms with Crippen LogP contribution in [0.5, 0.6) is 0 Å². The molecule has 0 aliphatic carbocycles. The van der Waals surface area contributed by atoms with Gasteiger partial charge in [0.05, 0.1) is 11.6 Å². The van der Waals surface area contributed by atoms with Crippen molar-refractivity contribution >= 4 is 34.8 Å². The number of carbonyl (C=O) groups excluding carboxylic acids is 3. The third kappa shape index (κ3) is 5.23. The van der Waals surface area contributed by atoms with Gasteiger partial charge in [-0.3, -0.25) is 14.4 Å². The zero-order valence-corrected chi connectivity index (χ0v) is 15.2. The molecule has 146 valence electrons. The lowest BCUT2D eigenvalue weighted by atomic mass is 10.1. The minimum atomic E-state index is -0.526. The van der Waals surface area contributed by atoms with Crippen molar-refractivity contribution in [2.75, 3.05) is 17.2 Å². The molecule has 0 saturated heterocycles. The molecular formula is C20H16FN5O3. The molecule has 0 spiro atoms. The molecule has 8 nitrogen and oxygen atoms in total. The number of nitriles is 1. The maximum atomic E-state index is 13.0. The summed E-state index contributed by atoms with van der Waals surface area (Å²) in [6.45, 7) is -0.355. The molecule has 29 heavy (non-hydrogen) atoms. The maximum Gasteiger partial charge on any atom is 0.271 e. The Bertz CT molecular complexity index is 1010. The molecule has 0 fully saturated rings. The van der Waals surface area contributed by atoms with Crippen molar-refractivity contribution in [2.24, 2.45) is 5.10 Å². The summed E-state index contributed by atoms with van der Waals surface area (Å²) in [5, 5.41) is 18.9. The Morgan fingerprint density at radius 3 is 2.31 bits per heavy atom. The maximum absolute atomic E-state index is 13.0. The van der Waals surface area contributed by atoms with E-state index in [1.165, 1.54) is 24.3 Å². The quantitative estimate of drug-likeness (QED) is 0.811. The van der Waals surface area contributed by atoms with Crippen LogP contribution in [0, 0.1) is 17.1 Å². The second kappa shape index (κ2) is 8.75. The average Bonchev–Trinajstić information content (AvgIpc) is 2.72. The fourth-order valence-corrected chi connectivity index (χ4v) is 2.59. The smallest absolute Gasteiger partial charge is 0.271 e. The second-order valence-corrected chi connectivity index (χ2v) is 6.20. The van der Waals surface area contributed by atoms with Crippen molar-refractivity contribution in [3.63, 3.8) is 0 Å². The van der Waals surface area contributed by atoms with Gasteiger partial charge in [0, 0.05) is 24.2 Å². The molecule has 2 N–H and O–H groups in total. The lowest BCUT2D eigenvalue weighted by molar-refractivity contribution is -0.135. The highest BCUT2D eigenvalue weighted by molar-refractivity contribution is 6.43. The molecule has 2 aromatic rings. The van der Waals surface area contributed by atoms with Gasteiger partial charge in [0.15, 0.2) is 0 Å². The van der Waals surface area contributed by atoms with Gasteiger partial charge in [0.1, 0.15) is 18.1 Å². The summed E-state index contributed by atoms with van der Waals surface area (Å²) in [5.41, 5.74) is 1.41. The molecule has 0 aromatic heterocycles. The topological polar surface area (TPSA) is 115 Å². The lowest BCUT2D eigenvalue weighted by Gasteiger charge is -2.22. The summed E-state index contributed by atoms with van der Waals surface area (Å²) >= 11 is 0. The van der Waals surface area contributed by atoms with Crippen LogP contribution in [-0.2, 0) is 14.4 Å². The Hall–Kier alpha value is -4.06. The summed E-state index contributed by atoms with van der Waals surface area (Å²) in [5.74, 6) is -1.82. The molecule has 3 amide bonds. The normalized spacial score (nSPS) is 13.3. The van der Waals surface area contributed by atoms with Crippen molar-refractivity contribution < 1.29 is 18.8 Å². The predicted molar refractivity (Wildman–Crippen MR) is 103 cm³/mol. The summed E-state index contributed by atoms with van der Waals surface area (Å²) in [4.78, 5) is 36.6. The molecule has 0 radical (unpaired) electrons. The molecule has 0 atom stereocenters. The first-order valence-corrected chi connectivity index (χ1v) is 8.69. The standard InChI is InChI=1S/C20H16FN5O3/c21-14-3-7-16(8-4-14)24-20(29)17-9-10-19(28)26(25-17)12-18(27)23-15-5-1-13(11-22)2-6-15/h1-8H,9-10,12H2,(H,23,27)(H,24,29). The number of benzene rings is 2. The highest BCUT2D eigenvalue weighted by atomic mass is 19.1. The first kappa shape index (κ1) is 19.7. The Balaban J connectivity index is 1.63. The van der Waals surface area contributed by atoms with Crippen LogP contribution in [0.15, 0.2) is 53.6 Å². The molecule has 9 heteroatoms. The Labute approximate surface area is 165 Å². The summed E-state index contributed by atoms with van der Waals surface area (Å²) < 4.78 is 13.0. The number of rotatable bonds is 5. The van der Waals surface area contributed by atoms with E-state index in [9.17, 15) is 18.8 Å². The molecule has 2 aromatic carbocycles. The Morgan fingerprint density at radius 1 is 1.03 bits per heavy atom. The van der Waals surface area contributed by atoms with Crippen LogP contribution in [0.25, 0.3) is 0 Å². The van der Waals surface area contributed by atoms with E-state index in [0.717, 1.165) is 5.01 Å². The molecule has 1 aliphatic rings. The van der Waals surface area contributed by atoms with Crippen molar-refractivity contribution in [2.45, 2.75) is 12.8 Å². The molecule has 0 saturated carbocycles. The third-order valence-corrected chi connectivity index (χ3v) is 4.06. The minimum absolute atomic E-state index is 0.0415. The molecule has 0 unspecified atom stereocenters. The molecule has 1 heterocycles. The van der Waals surface area contributed by atoms with Crippen LogP contribution >= 0.6 is 0 Å². The monoisotopic (exact) mass is 393 g/mol. The van der Waals surface area contributed by atoms with Crippen LogP contribution in [0.2, 0.25) is 0 Å². The van der Waals surface area contributed by atoms with Gasteiger partial charge in [-0.05, 0) is 48.5 Å². The summed E-state index contributed by atoms with van der Waals surface area (Å²) in [6.07, 6.45) is 0.180. The zero-order valence-electron chi connectivity index (χ0n) is 15.2. The third-order valence-electron chi connectivity index (χ3n) is 4.06. The van der Waals surface area contributed by atoms with Gasteiger partial charge in [0.25, 0.3) is 5.91 Å². The second-order valence-electron chi connectivity index (χ2n) is 6.20. The van der Waals surface area contributed by atoms with Gasteiger partial charge >= 0.3 is 0 Å². The fourth-order valence-electron chi connectivity index (χ4n) is 2.59. The van der Waals surface area contributed by atoms with E-state index in [-0.39, 0.29) is 31.0 Å². The van der Waals surface area contributed by atoms with Crippen LogP contribution in [0.3, 0.4) is 0 Å². The van der Waals surface area contributed by atoms with Crippen molar-refractivity contribution in [3.8, 4) is 6.07 Å². The van der Waals surface area contributed by atoms with E-state index >= 15 is 0 Å². The van der Waals surface area contributed by atoms with E-state index in [0.29, 0.717) is 16.9 Å². The van der Waals surface area contributed by atoms with Crippen LogP contribution in [-0.4, -0.2) is 35.0 Å². The summed E-state index contributed by atoms with van der Waals surface area (Å²) in [6, 6.07) is 13.5. The summed E-state index contributed by atoms with van der Waals surface area (Å²) in [7, 11) is 0. The molecule has 1 aliphatic heterocycles. The Morgan fingerprint density at radius 2 is 1.66 bits per heavy atom. The number of anilines is 2. The van der Waals surface area contributed by atoms with Crippen molar-refractivity contribution in [1.82, 2.24) is 5.01 Å². The predicted octanol–water partition coefficient (Wildman–Crippen LogP) is 2.25. The lowest BCUT2D eigenvalue weighted by Crippen LogP contribution is -2.40. The molecule has 3 rings (SSSR count). The number of amides is 3. The molecule has 0 bridgehead atoms. The van der Waals surface area contributed by atoms with Gasteiger partial charge < -0.3 is 10.6 Å². The van der Waals surface area contributed by atoms with Crippen LogP contribution in [0.4, 0.5) is 15.8 Å². The first-order chi connectivity index (χ1) is 13.9. The van der Waals surface area contributed by atoms with Crippen molar-refractivity contribution in [1.29, 1.82) is 5.26 Å². The zero-order chi connectivity index (χ0) is 20.8. The highest BCUT2D eigenvalue weighted by Crippen LogP contribution is 2.14. The van der Waals surface area contributed by atoms with E-state index in [2.05, 4.69) is 15.7 Å². The number of hydrazone groups is 1. The highest BCUT2D eigenvalue weighted by Gasteiger charge is 2.26. The molecular weight excluding hydrogens is 377 g/mol. The fraction of sp³-hybridized carbons (Fsp3) is 0.150. The number of carbonyl (C=O) groups is 3. The van der Waals surface area contributed by atoms with Gasteiger partial charge in [-0.1, -0.05) is 0 Å². The van der Waals surface area contributed by atoms with E-state index in [1.807, 2.05) is 6.07 Å². The first-order valence-electron chi connectivity index (χ1n) is 8.69. The van der Waals surface area contributed by atoms with Gasteiger partial charge in [-0.25, -0.2) is 9.40 Å². The SMILES string of the molecule is N#Cc1ccc(NC(=O)CN2N=C(C(=O)Nc3ccc(F)cc3)CCC2=O)cc1.